The number of ether oxygens (including phenoxy) is 2. The fourth-order valence-electron chi connectivity index (χ4n) is 5.23. The second-order valence-electron chi connectivity index (χ2n) is 13.5. The zero-order chi connectivity index (χ0) is 34.5. The molecule has 2 rings (SSSR count). The van der Waals surface area contributed by atoms with Gasteiger partial charge in [0.05, 0.1) is 56.6 Å². The zero-order valence-corrected chi connectivity index (χ0v) is 32.2. The Labute approximate surface area is 279 Å². The maximum Gasteiger partial charge on any atom is 0.290 e. The number of alkyl halides is 2. The second kappa shape index (κ2) is 15.6. The van der Waals surface area contributed by atoms with E-state index in [1.165, 1.54) is 20.8 Å². The topological polar surface area (TPSA) is 114 Å². The van der Waals surface area contributed by atoms with Gasteiger partial charge in [-0.25, -0.2) is 35.7 Å². The van der Waals surface area contributed by atoms with Gasteiger partial charge in [0.2, 0.25) is 0 Å². The molecule has 0 aromatic carbocycles. The minimum atomic E-state index is -3.90. The molecule has 258 valence electrons. The molecule has 4 atom stereocenters. The summed E-state index contributed by atoms with van der Waals surface area (Å²) in [4.78, 5) is 4.47. The Morgan fingerprint density at radius 2 is 1.80 bits per heavy atom. The Bertz CT molecular complexity index is 1360. The van der Waals surface area contributed by atoms with E-state index in [1.54, 1.807) is 26.8 Å². The van der Waals surface area contributed by atoms with E-state index in [1.807, 2.05) is 26.8 Å². The fraction of sp³-hybridized carbons (Fsp3) is 0.800. The van der Waals surface area contributed by atoms with Crippen molar-refractivity contribution in [3.8, 4) is 6.07 Å². The predicted molar refractivity (Wildman–Crippen MR) is 182 cm³/mol. The normalized spacial score (nSPS) is 20.1. The maximum absolute atomic E-state index is 16.8. The molecule has 0 saturated carbocycles. The Hall–Kier alpha value is -0.893. The van der Waals surface area contributed by atoms with E-state index in [0.717, 1.165) is 31.0 Å². The highest BCUT2D eigenvalue weighted by atomic mass is 79.9. The van der Waals surface area contributed by atoms with Crippen molar-refractivity contribution in [2.75, 3.05) is 25.5 Å². The average Bonchev–Trinajstić information content (AvgIpc) is 2.97. The number of nitriles is 1. The van der Waals surface area contributed by atoms with E-state index >= 15 is 13.2 Å². The highest BCUT2D eigenvalue weighted by Gasteiger charge is 2.46. The van der Waals surface area contributed by atoms with E-state index in [4.69, 9.17) is 9.47 Å². The third-order valence-electron chi connectivity index (χ3n) is 8.60. The average molecular weight is 760 g/mol. The van der Waals surface area contributed by atoms with Gasteiger partial charge in [-0.1, -0.05) is 38.9 Å². The molecule has 0 radical (unpaired) electrons. The summed E-state index contributed by atoms with van der Waals surface area (Å²) >= 11 is 3.44. The third-order valence-corrected chi connectivity index (χ3v) is 19.5. The second-order valence-corrected chi connectivity index (χ2v) is 24.3. The van der Waals surface area contributed by atoms with Gasteiger partial charge in [0.1, 0.15) is 28.3 Å². The number of hydrogen-bond acceptors (Lipinski definition) is 7. The lowest BCUT2D eigenvalue weighted by atomic mass is 10.0. The Morgan fingerprint density at radius 3 is 2.29 bits per heavy atom. The molecular weight excluding hydrogens is 709 g/mol. The summed E-state index contributed by atoms with van der Waals surface area (Å²) in [7, 11) is -8.08. The van der Waals surface area contributed by atoms with E-state index in [9.17, 15) is 13.7 Å². The SMILES string of the molecule is CC[Si](CC)(CC)c1cc(Br)nc(C(C)(CS(=O)(=NCC(F)(F)COC2CCCCO2)C(C)(C)C#N)NS(=O)C(C)(C)C)c1F. The summed E-state index contributed by atoms with van der Waals surface area (Å²) in [5, 5.41) is 10.6. The van der Waals surface area contributed by atoms with Gasteiger partial charge < -0.3 is 9.47 Å². The highest BCUT2D eigenvalue weighted by Crippen LogP contribution is 2.34. The van der Waals surface area contributed by atoms with Crippen LogP contribution in [0.3, 0.4) is 0 Å². The van der Waals surface area contributed by atoms with Crippen molar-refractivity contribution >= 4 is 49.9 Å². The molecule has 0 bridgehead atoms. The van der Waals surface area contributed by atoms with Crippen LogP contribution in [0.2, 0.25) is 18.1 Å². The number of hydrogen-bond donors (Lipinski definition) is 1. The van der Waals surface area contributed by atoms with Crippen LogP contribution in [0, 0.1) is 17.1 Å². The molecule has 0 aliphatic carbocycles. The van der Waals surface area contributed by atoms with Crippen LogP contribution in [0.1, 0.15) is 87.3 Å². The molecule has 1 N–H and O–H groups in total. The quantitative estimate of drug-likeness (QED) is 0.154. The van der Waals surface area contributed by atoms with Gasteiger partial charge in [0.15, 0.2) is 6.29 Å². The molecule has 1 aromatic rings. The van der Waals surface area contributed by atoms with Crippen LogP contribution in [0.5, 0.6) is 0 Å². The van der Waals surface area contributed by atoms with Crippen molar-refractivity contribution in [2.24, 2.45) is 4.36 Å². The third kappa shape index (κ3) is 9.82. The summed E-state index contributed by atoms with van der Waals surface area (Å²) in [6.07, 6.45) is 1.37. The van der Waals surface area contributed by atoms with Gasteiger partial charge in [-0.3, -0.25) is 0 Å². The summed E-state index contributed by atoms with van der Waals surface area (Å²) < 4.78 is 90.8. The van der Waals surface area contributed by atoms with Crippen molar-refractivity contribution in [3.63, 3.8) is 0 Å². The van der Waals surface area contributed by atoms with Gasteiger partial charge in [-0.2, -0.15) is 5.26 Å². The summed E-state index contributed by atoms with van der Waals surface area (Å²) in [6.45, 7) is 13.7. The van der Waals surface area contributed by atoms with Crippen LogP contribution >= 0.6 is 15.9 Å². The molecule has 0 amide bonds. The molecule has 1 aliphatic rings. The Morgan fingerprint density at radius 1 is 1.20 bits per heavy atom. The first-order valence-corrected chi connectivity index (χ1v) is 21.7. The van der Waals surface area contributed by atoms with Gasteiger partial charge in [-0.05, 0) is 88.0 Å². The molecule has 1 aliphatic heterocycles. The largest absolute Gasteiger partial charge is 0.353 e. The van der Waals surface area contributed by atoms with Crippen molar-refractivity contribution in [1.29, 1.82) is 5.26 Å². The monoisotopic (exact) mass is 758 g/mol. The summed E-state index contributed by atoms with van der Waals surface area (Å²) in [5.74, 6) is -4.74. The first-order chi connectivity index (χ1) is 20.6. The predicted octanol–water partition coefficient (Wildman–Crippen LogP) is 6.91. The van der Waals surface area contributed by atoms with Crippen molar-refractivity contribution in [1.82, 2.24) is 9.71 Å². The van der Waals surface area contributed by atoms with E-state index in [-0.39, 0.29) is 5.69 Å². The number of rotatable bonds is 15. The minimum absolute atomic E-state index is 0.155. The standard InChI is InChI=1S/C30H50BrF3N4O4S2Si/c1-10-45(11-2,12-3)22-17-23(31)37-26(25(22)32)29(9,38-43(39)27(4,5)6)21-44(40,28(7,8)18-35)36-19-30(33,34)20-42-24-15-13-14-16-41-24/h17,24,38H,10-16,19-21H2,1-9H3. The van der Waals surface area contributed by atoms with Gasteiger partial charge >= 0.3 is 0 Å². The van der Waals surface area contributed by atoms with Crippen LogP contribution in [0.4, 0.5) is 13.2 Å². The number of halogens is 4. The summed E-state index contributed by atoms with van der Waals surface area (Å²) in [6, 6.07) is 5.94. The smallest absolute Gasteiger partial charge is 0.290 e. The van der Waals surface area contributed by atoms with Gasteiger partial charge in [-0.15, -0.1) is 0 Å². The summed E-state index contributed by atoms with van der Waals surface area (Å²) in [5.41, 5.74) is -1.90. The lowest BCUT2D eigenvalue weighted by molar-refractivity contribution is -0.197. The number of pyridine rings is 1. The van der Waals surface area contributed by atoms with E-state index in [0.29, 0.717) is 22.8 Å². The molecule has 0 spiro atoms. The van der Waals surface area contributed by atoms with Crippen LogP contribution in [-0.4, -0.2) is 68.7 Å². The molecule has 1 saturated heterocycles. The number of nitrogens with one attached hydrogen (secondary N) is 1. The van der Waals surface area contributed by atoms with Gasteiger partial charge in [0.25, 0.3) is 5.92 Å². The first-order valence-electron chi connectivity index (χ1n) is 15.4. The lowest BCUT2D eigenvalue weighted by Gasteiger charge is -2.38. The lowest BCUT2D eigenvalue weighted by Crippen LogP contribution is -2.55. The van der Waals surface area contributed by atoms with Crippen LogP contribution in [-0.2, 0) is 35.7 Å². The van der Waals surface area contributed by atoms with E-state index < -0.39 is 80.8 Å². The van der Waals surface area contributed by atoms with Crippen molar-refractivity contribution in [2.45, 2.75) is 127 Å². The van der Waals surface area contributed by atoms with Crippen LogP contribution in [0.15, 0.2) is 15.0 Å². The molecule has 15 heteroatoms. The first kappa shape index (κ1) is 40.3. The van der Waals surface area contributed by atoms with Gasteiger partial charge in [0, 0.05) is 6.61 Å². The highest BCUT2D eigenvalue weighted by molar-refractivity contribution is 9.10. The fourth-order valence-corrected chi connectivity index (χ4v) is 12.8. The Balaban J connectivity index is 2.74. The maximum atomic E-state index is 16.8. The minimum Gasteiger partial charge on any atom is -0.353 e. The molecular formula is C30H50BrF3N4O4S2Si. The molecule has 1 aromatic heterocycles. The Kier molecular flexibility index (Phi) is 13.9. The molecule has 45 heavy (non-hydrogen) atoms. The number of nitrogens with zero attached hydrogens (tertiary/aromatic N) is 3. The number of aromatic nitrogens is 1. The van der Waals surface area contributed by atoms with Crippen LogP contribution < -0.4 is 9.91 Å². The molecule has 1 fully saturated rings. The zero-order valence-electron chi connectivity index (χ0n) is 28.0. The molecule has 4 unspecified atom stereocenters. The molecule has 2 heterocycles. The van der Waals surface area contributed by atoms with E-state index in [2.05, 4.69) is 30.0 Å². The van der Waals surface area contributed by atoms with Crippen molar-refractivity contribution in [3.05, 3.63) is 22.2 Å². The molecule has 8 nitrogen and oxygen atoms in total. The van der Waals surface area contributed by atoms with Crippen LogP contribution in [0.25, 0.3) is 0 Å². The van der Waals surface area contributed by atoms with Crippen molar-refractivity contribution < 1.29 is 31.1 Å².